The lowest BCUT2D eigenvalue weighted by Crippen LogP contribution is -2.40. The summed E-state index contributed by atoms with van der Waals surface area (Å²) in [6, 6.07) is 21.7. The van der Waals surface area contributed by atoms with Crippen molar-refractivity contribution in [1.29, 1.82) is 5.26 Å². The van der Waals surface area contributed by atoms with Gasteiger partial charge in [0.1, 0.15) is 5.49 Å². The van der Waals surface area contributed by atoms with E-state index in [0.717, 1.165) is 5.56 Å². The fourth-order valence-corrected chi connectivity index (χ4v) is 5.46. The van der Waals surface area contributed by atoms with Crippen molar-refractivity contribution >= 4 is 15.9 Å². The van der Waals surface area contributed by atoms with Crippen molar-refractivity contribution in [3.8, 4) is 6.07 Å². The van der Waals surface area contributed by atoms with Crippen molar-refractivity contribution in [2.45, 2.75) is 31.2 Å². The first-order valence-corrected chi connectivity index (χ1v) is 12.6. The molecule has 1 amide bonds. The second-order valence-corrected chi connectivity index (χ2v) is 10.4. The van der Waals surface area contributed by atoms with Crippen molar-refractivity contribution in [2.75, 3.05) is 13.1 Å². The van der Waals surface area contributed by atoms with E-state index in [4.69, 9.17) is 5.26 Å². The van der Waals surface area contributed by atoms with Crippen molar-refractivity contribution in [1.82, 2.24) is 8.87 Å². The van der Waals surface area contributed by atoms with Gasteiger partial charge in [0.15, 0.2) is 0 Å². The van der Waals surface area contributed by atoms with E-state index in [1.807, 2.05) is 42.0 Å². The molecule has 0 bridgehead atoms. The molecule has 1 aromatic heterocycles. The van der Waals surface area contributed by atoms with Crippen LogP contribution in [-0.2, 0) is 21.4 Å². The fourth-order valence-electron chi connectivity index (χ4n) is 3.99. The Morgan fingerprint density at radius 2 is 1.71 bits per heavy atom. The van der Waals surface area contributed by atoms with Gasteiger partial charge in [0.25, 0.3) is 5.91 Å². The van der Waals surface area contributed by atoms with E-state index < -0.39 is 10.0 Å². The van der Waals surface area contributed by atoms with Crippen molar-refractivity contribution in [3.63, 3.8) is 0 Å². The average molecular weight is 475 g/mol. The number of aryl methyl sites for hydroxylation is 1. The zero-order valence-electron chi connectivity index (χ0n) is 19.0. The first-order valence-electron chi connectivity index (χ1n) is 11.2. The maximum absolute atomic E-state index is 12.9. The van der Waals surface area contributed by atoms with E-state index >= 15 is 0 Å². The van der Waals surface area contributed by atoms with Gasteiger partial charge in [-0.2, -0.15) is 14.6 Å². The summed E-state index contributed by atoms with van der Waals surface area (Å²) in [4.78, 5) is 17.5. The number of nitriles is 1. The summed E-state index contributed by atoms with van der Waals surface area (Å²) in [5, 5.41) is 8.92. The molecule has 0 radical (unpaired) electrons. The lowest BCUT2D eigenvalue weighted by molar-refractivity contribution is -0.122. The summed E-state index contributed by atoms with van der Waals surface area (Å²) < 4.78 is 29.2. The number of benzene rings is 2. The molecule has 3 aromatic rings. The zero-order valence-corrected chi connectivity index (χ0v) is 19.8. The van der Waals surface area contributed by atoms with Gasteiger partial charge in [0.2, 0.25) is 10.0 Å². The molecule has 0 atom stereocenters. The van der Waals surface area contributed by atoms with Crippen molar-refractivity contribution in [3.05, 3.63) is 95.1 Å². The Morgan fingerprint density at radius 1 is 1.03 bits per heavy atom. The van der Waals surface area contributed by atoms with Gasteiger partial charge in [0, 0.05) is 31.7 Å². The highest BCUT2D eigenvalue weighted by Gasteiger charge is 2.32. The van der Waals surface area contributed by atoms with Crippen LogP contribution in [0.5, 0.6) is 0 Å². The Hall–Kier alpha value is -3.54. The van der Waals surface area contributed by atoms with Crippen LogP contribution in [0.1, 0.15) is 29.5 Å². The minimum Gasteiger partial charge on any atom is -0.328 e. The topological polar surface area (TPSA) is 95.5 Å². The zero-order chi connectivity index (χ0) is 24.1. The molecular formula is C26H26N4O3S. The van der Waals surface area contributed by atoms with Gasteiger partial charge in [-0.25, -0.2) is 8.42 Å². The molecule has 4 rings (SSSR count). The minimum absolute atomic E-state index is 0.155. The monoisotopic (exact) mass is 474 g/mol. The molecule has 8 heteroatoms. The molecule has 0 unspecified atom stereocenters. The highest BCUT2D eigenvalue weighted by atomic mass is 32.2. The lowest BCUT2D eigenvalue weighted by Gasteiger charge is -2.29. The number of carbonyl (C=O) groups excluding carboxylic acids is 1. The molecule has 34 heavy (non-hydrogen) atoms. The molecule has 0 N–H and O–H groups in total. The van der Waals surface area contributed by atoms with E-state index in [1.54, 1.807) is 0 Å². The van der Waals surface area contributed by atoms with Crippen LogP contribution in [0.4, 0.5) is 0 Å². The first kappa shape index (κ1) is 23.6. The van der Waals surface area contributed by atoms with Crippen molar-refractivity contribution < 1.29 is 13.2 Å². The molecule has 7 nitrogen and oxygen atoms in total. The maximum Gasteiger partial charge on any atom is 0.250 e. The third kappa shape index (κ3) is 5.33. The van der Waals surface area contributed by atoms with E-state index in [0.29, 0.717) is 30.4 Å². The molecule has 1 aliphatic heterocycles. The number of nitrogens with zero attached hydrogens (tertiary/aromatic N) is 4. The third-order valence-electron chi connectivity index (χ3n) is 6.04. The largest absolute Gasteiger partial charge is 0.328 e. The number of piperidine rings is 1. The van der Waals surface area contributed by atoms with E-state index in [9.17, 15) is 13.2 Å². The molecule has 2 heterocycles. The fraction of sp³-hybridized carbons (Fsp3) is 0.269. The van der Waals surface area contributed by atoms with Gasteiger partial charge >= 0.3 is 0 Å². The van der Waals surface area contributed by atoms with E-state index in [-0.39, 0.29) is 29.8 Å². The Kier molecular flexibility index (Phi) is 7.06. The lowest BCUT2D eigenvalue weighted by atomic mass is 9.97. The van der Waals surface area contributed by atoms with Gasteiger partial charge in [-0.3, -0.25) is 4.79 Å². The molecule has 1 aliphatic rings. The first-order chi connectivity index (χ1) is 16.4. The minimum atomic E-state index is -3.66. The number of amides is 1. The van der Waals surface area contributed by atoms with Crippen LogP contribution >= 0.6 is 0 Å². The molecule has 0 saturated carbocycles. The molecule has 1 saturated heterocycles. The number of hydrogen-bond acceptors (Lipinski definition) is 4. The van der Waals surface area contributed by atoms with Crippen LogP contribution < -0.4 is 5.49 Å². The van der Waals surface area contributed by atoms with Crippen LogP contribution in [0, 0.1) is 24.2 Å². The second-order valence-electron chi connectivity index (χ2n) is 8.44. The Balaban J connectivity index is 1.45. The standard InChI is InChI=1S/C26H26N4O3S/c1-20-5-7-22(8-6-20)19-29-15-3-2-4-25(29)28-26(31)23-13-16-30(17-14-23)34(32,33)24-11-9-21(18-27)10-12-24/h2-12,15,23H,13-14,16-17,19H2,1H3. The normalized spacial score (nSPS) is 15.7. The average Bonchev–Trinajstić information content (AvgIpc) is 2.86. The Bertz CT molecular complexity index is 1380. The second kappa shape index (κ2) is 10.2. The summed E-state index contributed by atoms with van der Waals surface area (Å²) in [5.74, 6) is -0.542. The number of pyridine rings is 1. The smallest absolute Gasteiger partial charge is 0.250 e. The molecule has 0 spiro atoms. The molecular weight excluding hydrogens is 448 g/mol. The molecule has 2 aromatic carbocycles. The van der Waals surface area contributed by atoms with Crippen LogP contribution in [0.2, 0.25) is 0 Å². The Morgan fingerprint density at radius 3 is 2.35 bits per heavy atom. The van der Waals surface area contributed by atoms with Gasteiger partial charge in [-0.05, 0) is 61.7 Å². The number of carbonyl (C=O) groups is 1. The van der Waals surface area contributed by atoms with E-state index in [1.165, 1.54) is 34.1 Å². The van der Waals surface area contributed by atoms with Gasteiger partial charge < -0.3 is 4.57 Å². The predicted molar refractivity (Wildman–Crippen MR) is 128 cm³/mol. The predicted octanol–water partition coefficient (Wildman–Crippen LogP) is 3.24. The third-order valence-corrected chi connectivity index (χ3v) is 7.95. The molecule has 0 aliphatic carbocycles. The summed E-state index contributed by atoms with van der Waals surface area (Å²) in [6.45, 7) is 3.16. The van der Waals surface area contributed by atoms with Crippen LogP contribution in [0.25, 0.3) is 0 Å². The summed E-state index contributed by atoms with van der Waals surface area (Å²) in [5.41, 5.74) is 3.30. The van der Waals surface area contributed by atoms with Crippen LogP contribution in [-0.4, -0.2) is 36.3 Å². The molecule has 1 fully saturated rings. The number of hydrogen-bond donors (Lipinski definition) is 0. The number of aromatic nitrogens is 1. The van der Waals surface area contributed by atoms with Crippen LogP contribution in [0.15, 0.2) is 82.8 Å². The maximum atomic E-state index is 12.9. The summed E-state index contributed by atoms with van der Waals surface area (Å²) >= 11 is 0. The quantitative estimate of drug-likeness (QED) is 0.567. The highest BCUT2D eigenvalue weighted by molar-refractivity contribution is 7.89. The van der Waals surface area contributed by atoms with Crippen molar-refractivity contribution in [2.24, 2.45) is 10.9 Å². The molecule has 174 valence electrons. The Labute approximate surface area is 199 Å². The number of sulfonamides is 1. The van der Waals surface area contributed by atoms with Gasteiger partial charge in [-0.1, -0.05) is 35.9 Å². The van der Waals surface area contributed by atoms with E-state index in [2.05, 4.69) is 29.3 Å². The summed E-state index contributed by atoms with van der Waals surface area (Å²) in [7, 11) is -3.66. The SMILES string of the molecule is Cc1ccc(Cn2ccccc2=NC(=O)C2CCN(S(=O)(=O)c3ccc(C#N)cc3)CC2)cc1. The summed E-state index contributed by atoms with van der Waals surface area (Å²) in [6.07, 6.45) is 2.74. The van der Waals surface area contributed by atoms with Gasteiger partial charge in [-0.15, -0.1) is 0 Å². The van der Waals surface area contributed by atoms with Crippen LogP contribution in [0.3, 0.4) is 0 Å². The van der Waals surface area contributed by atoms with Gasteiger partial charge in [0.05, 0.1) is 16.5 Å². The number of rotatable bonds is 5. The highest BCUT2D eigenvalue weighted by Crippen LogP contribution is 2.24.